The predicted molar refractivity (Wildman–Crippen MR) is 101 cm³/mol. The molecule has 10 heteroatoms. The number of rotatable bonds is 7. The highest BCUT2D eigenvalue weighted by Gasteiger charge is 2.50. The van der Waals surface area contributed by atoms with Gasteiger partial charge in [0.15, 0.2) is 11.5 Å². The molecule has 5 amide bonds. The Morgan fingerprint density at radius 2 is 2.00 bits per heavy atom. The number of nitrogens with zero attached hydrogens (tertiary/aromatic N) is 1. The minimum absolute atomic E-state index is 0.0894. The summed E-state index contributed by atoms with van der Waals surface area (Å²) in [5, 5.41) is 7.79. The van der Waals surface area contributed by atoms with E-state index in [0.717, 1.165) is 11.3 Å². The summed E-state index contributed by atoms with van der Waals surface area (Å²) in [5.41, 5.74) is -0.835. The highest BCUT2D eigenvalue weighted by Crippen LogP contribution is 2.37. The van der Waals surface area contributed by atoms with Crippen LogP contribution >= 0.6 is 0 Å². The van der Waals surface area contributed by atoms with E-state index >= 15 is 0 Å². The van der Waals surface area contributed by atoms with E-state index in [9.17, 15) is 19.2 Å². The van der Waals surface area contributed by atoms with Gasteiger partial charge >= 0.3 is 6.03 Å². The van der Waals surface area contributed by atoms with Crippen LogP contribution in [0.5, 0.6) is 11.5 Å². The molecule has 2 aliphatic heterocycles. The molecule has 29 heavy (non-hydrogen) atoms. The third-order valence-corrected chi connectivity index (χ3v) is 4.85. The van der Waals surface area contributed by atoms with Gasteiger partial charge in [0, 0.05) is 6.54 Å². The van der Waals surface area contributed by atoms with Crippen LogP contribution in [-0.4, -0.2) is 54.6 Å². The second-order valence-electron chi connectivity index (χ2n) is 7.09. The average Bonchev–Trinajstić information content (AvgIpc) is 3.24. The van der Waals surface area contributed by atoms with Crippen LogP contribution in [0.3, 0.4) is 0 Å². The highest BCUT2D eigenvalue weighted by molar-refractivity contribution is 6.09. The van der Waals surface area contributed by atoms with Crippen LogP contribution in [0.4, 0.5) is 4.79 Å². The molecule has 3 rings (SSSR count). The maximum atomic E-state index is 12.9. The van der Waals surface area contributed by atoms with Crippen LogP contribution in [0.2, 0.25) is 0 Å². The Morgan fingerprint density at radius 3 is 2.72 bits per heavy atom. The van der Waals surface area contributed by atoms with Gasteiger partial charge in [0.25, 0.3) is 5.91 Å². The second-order valence-corrected chi connectivity index (χ2v) is 7.09. The Balaban J connectivity index is 1.67. The lowest BCUT2D eigenvalue weighted by Crippen LogP contribution is -2.49. The van der Waals surface area contributed by atoms with Crippen molar-refractivity contribution in [1.82, 2.24) is 20.9 Å². The molecule has 0 unspecified atom stereocenters. The number of carbonyl (C=O) groups is 4. The number of nitrogens with one attached hydrogen (secondary N) is 3. The Labute approximate surface area is 167 Å². The van der Waals surface area contributed by atoms with Gasteiger partial charge in [0.2, 0.25) is 18.6 Å². The van der Waals surface area contributed by atoms with Crippen LogP contribution < -0.4 is 25.4 Å². The molecule has 2 aliphatic rings. The first kappa shape index (κ1) is 20.4. The zero-order valence-electron chi connectivity index (χ0n) is 16.5. The zero-order valence-corrected chi connectivity index (χ0v) is 16.5. The summed E-state index contributed by atoms with van der Waals surface area (Å²) in [4.78, 5) is 50.3. The van der Waals surface area contributed by atoms with E-state index in [1.165, 1.54) is 6.92 Å². The van der Waals surface area contributed by atoms with Gasteiger partial charge in [-0.3, -0.25) is 19.3 Å². The van der Waals surface area contributed by atoms with E-state index in [4.69, 9.17) is 9.47 Å². The number of benzene rings is 1. The summed E-state index contributed by atoms with van der Waals surface area (Å²) in [6.07, 6.45) is 0.771. The fourth-order valence-electron chi connectivity index (χ4n) is 3.14. The lowest BCUT2D eigenvalue weighted by atomic mass is 9.91. The Bertz CT molecular complexity index is 857. The van der Waals surface area contributed by atoms with Crippen LogP contribution in [0.1, 0.15) is 32.8 Å². The van der Waals surface area contributed by atoms with Crippen molar-refractivity contribution in [2.75, 3.05) is 19.9 Å². The highest BCUT2D eigenvalue weighted by atomic mass is 16.7. The molecule has 1 aromatic carbocycles. The van der Waals surface area contributed by atoms with Crippen molar-refractivity contribution >= 4 is 23.8 Å². The first-order valence-electron chi connectivity index (χ1n) is 9.37. The smallest absolute Gasteiger partial charge is 0.325 e. The Kier molecular flexibility index (Phi) is 5.62. The number of fused-ring (bicyclic) bond motifs is 1. The summed E-state index contributed by atoms with van der Waals surface area (Å²) in [6.45, 7) is 5.11. The van der Waals surface area contributed by atoms with Gasteiger partial charge in [0.1, 0.15) is 18.1 Å². The molecule has 1 saturated heterocycles. The van der Waals surface area contributed by atoms with Gasteiger partial charge in [-0.1, -0.05) is 13.0 Å². The second kappa shape index (κ2) is 7.98. The Hall–Kier alpha value is -3.30. The topological polar surface area (TPSA) is 126 Å². The van der Waals surface area contributed by atoms with Crippen molar-refractivity contribution in [3.8, 4) is 11.5 Å². The largest absolute Gasteiger partial charge is 0.454 e. The molecule has 2 heterocycles. The van der Waals surface area contributed by atoms with Crippen LogP contribution in [0, 0.1) is 0 Å². The van der Waals surface area contributed by atoms with Gasteiger partial charge in [-0.15, -0.1) is 0 Å². The first-order valence-corrected chi connectivity index (χ1v) is 9.37. The standard InChI is InChI=1S/C19H24N4O6/c1-4-7-20-16(25)11(2)21-15(24)9-23-17(26)19(3,22-18(23)27)12-5-6-13-14(8-12)29-10-28-13/h5-6,8,11H,4,7,9-10H2,1-3H3,(H,20,25)(H,21,24)(H,22,27)/t11-,19-/m1/s1. The summed E-state index contributed by atoms with van der Waals surface area (Å²) < 4.78 is 10.6. The van der Waals surface area contributed by atoms with E-state index in [1.54, 1.807) is 25.1 Å². The molecule has 2 atom stereocenters. The minimum Gasteiger partial charge on any atom is -0.454 e. The molecule has 156 valence electrons. The molecule has 0 spiro atoms. The van der Waals surface area contributed by atoms with E-state index < -0.39 is 36.0 Å². The fraction of sp³-hybridized carbons (Fsp3) is 0.474. The van der Waals surface area contributed by atoms with Crippen LogP contribution in [0.25, 0.3) is 0 Å². The monoisotopic (exact) mass is 404 g/mol. The number of urea groups is 1. The summed E-state index contributed by atoms with van der Waals surface area (Å²) in [6, 6.07) is 3.48. The molecule has 0 aromatic heterocycles. The summed E-state index contributed by atoms with van der Waals surface area (Å²) in [5.74, 6) is -0.473. The number of carbonyl (C=O) groups excluding carboxylic acids is 4. The van der Waals surface area contributed by atoms with Crippen molar-refractivity contribution < 1.29 is 28.7 Å². The molecule has 10 nitrogen and oxygen atoms in total. The molecule has 0 aliphatic carbocycles. The van der Waals surface area contributed by atoms with Gasteiger partial charge in [-0.25, -0.2) is 4.79 Å². The van der Waals surface area contributed by atoms with E-state index in [-0.39, 0.29) is 12.7 Å². The quantitative estimate of drug-likeness (QED) is 0.558. The fourth-order valence-corrected chi connectivity index (χ4v) is 3.14. The third kappa shape index (κ3) is 3.96. The van der Waals surface area contributed by atoms with E-state index in [1.807, 2.05) is 6.92 Å². The normalized spacial score (nSPS) is 21.0. The molecule has 0 radical (unpaired) electrons. The maximum absolute atomic E-state index is 12.9. The van der Waals surface area contributed by atoms with E-state index in [0.29, 0.717) is 23.6 Å². The molecule has 0 saturated carbocycles. The third-order valence-electron chi connectivity index (χ3n) is 4.85. The summed E-state index contributed by atoms with van der Waals surface area (Å²) in [7, 11) is 0. The maximum Gasteiger partial charge on any atom is 0.325 e. The van der Waals surface area contributed by atoms with Crippen molar-refractivity contribution in [3.63, 3.8) is 0 Å². The number of hydrogen-bond acceptors (Lipinski definition) is 6. The number of hydrogen-bond donors (Lipinski definition) is 3. The van der Waals surface area contributed by atoms with E-state index in [2.05, 4.69) is 16.0 Å². The lowest BCUT2D eigenvalue weighted by Gasteiger charge is -2.22. The molecule has 3 N–H and O–H groups in total. The Morgan fingerprint density at radius 1 is 1.28 bits per heavy atom. The summed E-state index contributed by atoms with van der Waals surface area (Å²) >= 11 is 0. The first-order chi connectivity index (χ1) is 13.8. The van der Waals surface area contributed by atoms with Gasteiger partial charge in [0.05, 0.1) is 0 Å². The number of imide groups is 1. The zero-order chi connectivity index (χ0) is 21.2. The number of amides is 5. The van der Waals surface area contributed by atoms with Crippen molar-refractivity contribution in [2.45, 2.75) is 38.8 Å². The molecule has 1 fully saturated rings. The lowest BCUT2D eigenvalue weighted by molar-refractivity contribution is -0.135. The molecular formula is C19H24N4O6. The molecule has 1 aromatic rings. The molecule has 0 bridgehead atoms. The van der Waals surface area contributed by atoms with Crippen LogP contribution in [0.15, 0.2) is 18.2 Å². The van der Waals surface area contributed by atoms with Crippen molar-refractivity contribution in [1.29, 1.82) is 0 Å². The predicted octanol–water partition coefficient (Wildman–Crippen LogP) is 0.213. The van der Waals surface area contributed by atoms with Crippen molar-refractivity contribution in [2.24, 2.45) is 0 Å². The minimum atomic E-state index is -1.34. The SMILES string of the molecule is CCCNC(=O)[C@@H](C)NC(=O)CN1C(=O)N[C@](C)(c2ccc3c(c2)OCO3)C1=O. The average molecular weight is 404 g/mol. The van der Waals surface area contributed by atoms with Gasteiger partial charge < -0.3 is 25.4 Å². The number of ether oxygens (including phenoxy) is 2. The molecular weight excluding hydrogens is 380 g/mol. The van der Waals surface area contributed by atoms with Gasteiger partial charge in [-0.2, -0.15) is 0 Å². The van der Waals surface area contributed by atoms with Crippen LogP contribution in [-0.2, 0) is 19.9 Å². The van der Waals surface area contributed by atoms with Crippen molar-refractivity contribution in [3.05, 3.63) is 23.8 Å². The van der Waals surface area contributed by atoms with Gasteiger partial charge in [-0.05, 0) is 38.0 Å².